The van der Waals surface area contributed by atoms with Crippen LogP contribution < -0.4 is 5.32 Å². The molecule has 0 aliphatic heterocycles. The van der Waals surface area contributed by atoms with Gasteiger partial charge in [-0.05, 0) is 18.6 Å². The molecule has 100 valence electrons. The minimum Gasteiger partial charge on any atom is -0.394 e. The second-order valence-electron chi connectivity index (χ2n) is 3.55. The molecule has 0 aliphatic rings. The number of benzene rings is 1. The van der Waals surface area contributed by atoms with E-state index in [2.05, 4.69) is 5.32 Å². The molecule has 0 radical (unpaired) electrons. The molecule has 6 heteroatoms. The third-order valence-corrected chi connectivity index (χ3v) is 2.47. The molecule has 1 rings (SSSR count). The zero-order valence-electron chi connectivity index (χ0n) is 9.79. The lowest BCUT2D eigenvalue weighted by molar-refractivity contribution is 0.0866. The normalized spacial score (nSPS) is 10.4. The van der Waals surface area contributed by atoms with E-state index in [1.165, 1.54) is 18.2 Å². The van der Waals surface area contributed by atoms with Crippen LogP contribution in [0.25, 0.3) is 0 Å². The Hall–Kier alpha value is -1.17. The van der Waals surface area contributed by atoms with Crippen molar-refractivity contribution in [3.8, 4) is 0 Å². The van der Waals surface area contributed by atoms with Crippen molar-refractivity contribution in [2.75, 3.05) is 26.4 Å². The highest BCUT2D eigenvalue weighted by atomic mass is 35.5. The Bertz CT molecular complexity index is 401. The summed E-state index contributed by atoms with van der Waals surface area (Å²) in [6, 6.07) is 4.28. The first-order valence-electron chi connectivity index (χ1n) is 5.57. The van der Waals surface area contributed by atoms with Crippen LogP contribution in [0.2, 0.25) is 5.02 Å². The Morgan fingerprint density at radius 2 is 2.22 bits per heavy atom. The molecule has 18 heavy (non-hydrogen) atoms. The summed E-state index contributed by atoms with van der Waals surface area (Å²) >= 11 is 5.58. The van der Waals surface area contributed by atoms with Gasteiger partial charge in [0, 0.05) is 13.2 Å². The molecule has 0 saturated heterocycles. The van der Waals surface area contributed by atoms with Crippen LogP contribution >= 0.6 is 11.6 Å². The average molecular weight is 276 g/mol. The van der Waals surface area contributed by atoms with Crippen LogP contribution in [0.1, 0.15) is 16.8 Å². The van der Waals surface area contributed by atoms with Crippen LogP contribution in [0.3, 0.4) is 0 Å². The minimum atomic E-state index is -0.715. The molecule has 0 spiro atoms. The number of carbonyl (C=O) groups is 1. The molecule has 0 aliphatic carbocycles. The third kappa shape index (κ3) is 4.60. The van der Waals surface area contributed by atoms with Crippen LogP contribution in [-0.4, -0.2) is 37.4 Å². The smallest absolute Gasteiger partial charge is 0.254 e. The Balaban J connectivity index is 2.35. The SMILES string of the molecule is O=C(NCCCOCCO)c1cccc(Cl)c1F. The van der Waals surface area contributed by atoms with Crippen molar-refractivity contribution >= 4 is 17.5 Å². The van der Waals surface area contributed by atoms with Gasteiger partial charge in [-0.1, -0.05) is 17.7 Å². The molecule has 2 N–H and O–H groups in total. The maximum Gasteiger partial charge on any atom is 0.254 e. The van der Waals surface area contributed by atoms with E-state index in [1.54, 1.807) is 0 Å². The lowest BCUT2D eigenvalue weighted by Crippen LogP contribution is -2.26. The van der Waals surface area contributed by atoms with Crippen LogP contribution in [0.5, 0.6) is 0 Å². The summed E-state index contributed by atoms with van der Waals surface area (Å²) in [5, 5.41) is 11.0. The molecule has 0 atom stereocenters. The molecular formula is C12H15ClFNO3. The van der Waals surface area contributed by atoms with Gasteiger partial charge in [-0.2, -0.15) is 0 Å². The fourth-order valence-electron chi connectivity index (χ4n) is 1.32. The number of ether oxygens (including phenoxy) is 1. The Morgan fingerprint density at radius 3 is 2.94 bits per heavy atom. The van der Waals surface area contributed by atoms with E-state index >= 15 is 0 Å². The summed E-state index contributed by atoms with van der Waals surface area (Å²) in [6.45, 7) is 1.05. The highest BCUT2D eigenvalue weighted by Gasteiger charge is 2.13. The largest absolute Gasteiger partial charge is 0.394 e. The summed E-state index contributed by atoms with van der Waals surface area (Å²) in [5.41, 5.74) is -0.0706. The molecular weight excluding hydrogens is 261 g/mol. The molecule has 0 saturated carbocycles. The molecule has 1 aromatic rings. The summed E-state index contributed by atoms with van der Waals surface area (Å²) in [5.74, 6) is -1.22. The predicted molar refractivity (Wildman–Crippen MR) is 66.3 cm³/mol. The zero-order valence-corrected chi connectivity index (χ0v) is 10.5. The Morgan fingerprint density at radius 1 is 1.44 bits per heavy atom. The molecule has 0 aromatic heterocycles. The van der Waals surface area contributed by atoms with Crippen molar-refractivity contribution in [1.82, 2.24) is 5.32 Å². The van der Waals surface area contributed by atoms with E-state index in [0.717, 1.165) is 0 Å². The monoisotopic (exact) mass is 275 g/mol. The van der Waals surface area contributed by atoms with Crippen molar-refractivity contribution < 1.29 is 19.0 Å². The number of aliphatic hydroxyl groups is 1. The second-order valence-corrected chi connectivity index (χ2v) is 3.95. The lowest BCUT2D eigenvalue weighted by atomic mass is 10.2. The molecule has 0 heterocycles. The third-order valence-electron chi connectivity index (χ3n) is 2.18. The van der Waals surface area contributed by atoms with Crippen LogP contribution in [0, 0.1) is 5.82 Å². The predicted octanol–water partition coefficient (Wildman–Crippen LogP) is 1.61. The molecule has 0 bridgehead atoms. The van der Waals surface area contributed by atoms with Crippen molar-refractivity contribution in [3.63, 3.8) is 0 Å². The number of halogens is 2. The first-order chi connectivity index (χ1) is 8.66. The summed E-state index contributed by atoms with van der Waals surface area (Å²) in [6.07, 6.45) is 0.591. The van der Waals surface area contributed by atoms with Gasteiger partial charge in [-0.25, -0.2) is 4.39 Å². The summed E-state index contributed by atoms with van der Waals surface area (Å²) < 4.78 is 18.5. The first-order valence-corrected chi connectivity index (χ1v) is 5.95. The number of aliphatic hydroxyl groups excluding tert-OH is 1. The van der Waals surface area contributed by atoms with Gasteiger partial charge in [0.25, 0.3) is 5.91 Å². The van der Waals surface area contributed by atoms with Gasteiger partial charge in [-0.15, -0.1) is 0 Å². The Labute approximate surface area is 110 Å². The number of carbonyl (C=O) groups excluding carboxylic acids is 1. The van der Waals surface area contributed by atoms with Crippen molar-refractivity contribution in [2.45, 2.75) is 6.42 Å². The van der Waals surface area contributed by atoms with Gasteiger partial charge in [-0.3, -0.25) is 4.79 Å². The second kappa shape index (κ2) is 8.02. The average Bonchev–Trinajstić information content (AvgIpc) is 2.36. The van der Waals surface area contributed by atoms with Crippen LogP contribution in [-0.2, 0) is 4.74 Å². The van der Waals surface area contributed by atoms with Gasteiger partial charge in [0.05, 0.1) is 23.8 Å². The molecule has 0 fully saturated rings. The van der Waals surface area contributed by atoms with Gasteiger partial charge in [0.15, 0.2) is 5.82 Å². The van der Waals surface area contributed by atoms with E-state index in [0.29, 0.717) is 19.6 Å². The quantitative estimate of drug-likeness (QED) is 0.743. The van der Waals surface area contributed by atoms with Crippen molar-refractivity contribution in [2.24, 2.45) is 0 Å². The van der Waals surface area contributed by atoms with Crippen LogP contribution in [0.15, 0.2) is 18.2 Å². The van der Waals surface area contributed by atoms with Gasteiger partial charge < -0.3 is 15.2 Å². The molecule has 4 nitrogen and oxygen atoms in total. The fourth-order valence-corrected chi connectivity index (χ4v) is 1.49. The highest BCUT2D eigenvalue weighted by molar-refractivity contribution is 6.31. The van der Waals surface area contributed by atoms with E-state index in [9.17, 15) is 9.18 Å². The number of nitrogens with one attached hydrogen (secondary N) is 1. The minimum absolute atomic E-state index is 0.0277. The van der Waals surface area contributed by atoms with Gasteiger partial charge in [0.2, 0.25) is 0 Å². The summed E-state index contributed by atoms with van der Waals surface area (Å²) in [7, 11) is 0. The zero-order chi connectivity index (χ0) is 13.4. The number of hydrogen-bond acceptors (Lipinski definition) is 3. The highest BCUT2D eigenvalue weighted by Crippen LogP contribution is 2.17. The molecule has 1 aromatic carbocycles. The maximum atomic E-state index is 13.5. The first kappa shape index (κ1) is 14.9. The van der Waals surface area contributed by atoms with E-state index < -0.39 is 11.7 Å². The standard InChI is InChI=1S/C12H15ClFNO3/c13-10-4-1-3-9(11(10)14)12(17)15-5-2-7-18-8-6-16/h1,3-4,16H,2,5-8H2,(H,15,17). The molecule has 0 unspecified atom stereocenters. The number of rotatable bonds is 7. The van der Waals surface area contributed by atoms with E-state index in [1.807, 2.05) is 0 Å². The summed E-state index contributed by atoms with van der Waals surface area (Å²) in [4.78, 5) is 11.6. The van der Waals surface area contributed by atoms with Gasteiger partial charge >= 0.3 is 0 Å². The van der Waals surface area contributed by atoms with Crippen molar-refractivity contribution in [1.29, 1.82) is 0 Å². The maximum absolute atomic E-state index is 13.5. The van der Waals surface area contributed by atoms with E-state index in [4.69, 9.17) is 21.4 Å². The number of amides is 1. The fraction of sp³-hybridized carbons (Fsp3) is 0.417. The Kier molecular flexibility index (Phi) is 6.64. The van der Waals surface area contributed by atoms with Crippen LogP contribution in [0.4, 0.5) is 4.39 Å². The van der Waals surface area contributed by atoms with Crippen molar-refractivity contribution in [3.05, 3.63) is 34.6 Å². The topological polar surface area (TPSA) is 58.6 Å². The van der Waals surface area contributed by atoms with Gasteiger partial charge in [0.1, 0.15) is 0 Å². The molecule has 1 amide bonds. The lowest BCUT2D eigenvalue weighted by Gasteiger charge is -2.07. The number of hydrogen-bond donors (Lipinski definition) is 2. The van der Waals surface area contributed by atoms with E-state index in [-0.39, 0.29) is 23.8 Å².